The van der Waals surface area contributed by atoms with Crippen molar-refractivity contribution in [3.8, 4) is 5.75 Å². The number of hydrogen-bond acceptors (Lipinski definition) is 3. The molecule has 0 aliphatic carbocycles. The second kappa shape index (κ2) is 15.0. The average molecular weight is 579 g/mol. The summed E-state index contributed by atoms with van der Waals surface area (Å²) in [5.41, 5.74) is 2.12. The topological polar surface area (TPSA) is 27.7 Å². The minimum absolute atomic E-state index is 0.212. The molecule has 0 unspecified atom stereocenters. The van der Waals surface area contributed by atoms with Crippen molar-refractivity contribution in [2.75, 3.05) is 19.8 Å². The monoisotopic (exact) mass is 578 g/mol. The minimum atomic E-state index is -4.55. The summed E-state index contributed by atoms with van der Waals surface area (Å²) < 4.78 is 82.8. The van der Waals surface area contributed by atoms with Crippen molar-refractivity contribution in [1.82, 2.24) is 0 Å². The van der Waals surface area contributed by atoms with Gasteiger partial charge in [-0.1, -0.05) is 75.4 Å². The predicted molar refractivity (Wildman–Crippen MR) is 150 cm³/mol. The van der Waals surface area contributed by atoms with Gasteiger partial charge in [-0.25, -0.2) is 8.78 Å². The van der Waals surface area contributed by atoms with E-state index in [1.807, 2.05) is 18.2 Å². The summed E-state index contributed by atoms with van der Waals surface area (Å²) in [5, 5.41) is 1.31. The fourth-order valence-corrected chi connectivity index (χ4v) is 5.23. The van der Waals surface area contributed by atoms with Gasteiger partial charge in [0.1, 0.15) is 5.82 Å². The van der Waals surface area contributed by atoms with Crippen molar-refractivity contribution < 1.29 is 36.2 Å². The van der Waals surface area contributed by atoms with Crippen LogP contribution in [0.15, 0.2) is 48.5 Å². The first kappa shape index (κ1) is 31.2. The van der Waals surface area contributed by atoms with Crippen LogP contribution in [0.25, 0.3) is 10.8 Å². The molecule has 0 spiro atoms. The van der Waals surface area contributed by atoms with Crippen LogP contribution in [0.4, 0.5) is 22.0 Å². The Bertz CT molecular complexity index is 1250. The van der Waals surface area contributed by atoms with Crippen LogP contribution in [-0.4, -0.2) is 32.3 Å². The second-order valence-electron chi connectivity index (χ2n) is 11.0. The molecule has 0 radical (unpaired) electrons. The summed E-state index contributed by atoms with van der Waals surface area (Å²) in [6.45, 7) is 2.15. The maximum atomic E-state index is 15.3. The van der Waals surface area contributed by atoms with E-state index in [0.717, 1.165) is 49.5 Å². The molecular weight excluding hydrogens is 539 g/mol. The third-order valence-corrected chi connectivity index (χ3v) is 7.59. The highest BCUT2D eigenvalue weighted by Gasteiger charge is 2.29. The van der Waals surface area contributed by atoms with Gasteiger partial charge in [0.05, 0.1) is 13.2 Å². The van der Waals surface area contributed by atoms with Gasteiger partial charge in [-0.2, -0.15) is 13.2 Å². The number of rotatable bonds is 14. The fourth-order valence-electron chi connectivity index (χ4n) is 5.23. The lowest BCUT2D eigenvalue weighted by atomic mass is 9.98. The Balaban J connectivity index is 1.25. The van der Waals surface area contributed by atoms with Crippen LogP contribution in [0.1, 0.15) is 68.6 Å². The van der Waals surface area contributed by atoms with E-state index < -0.39 is 24.3 Å². The zero-order chi connectivity index (χ0) is 29.2. The lowest BCUT2D eigenvalue weighted by Gasteiger charge is -2.29. The molecule has 8 heteroatoms. The zero-order valence-corrected chi connectivity index (χ0v) is 23.6. The zero-order valence-electron chi connectivity index (χ0n) is 23.6. The molecule has 3 aromatic carbocycles. The van der Waals surface area contributed by atoms with E-state index in [9.17, 15) is 17.6 Å². The van der Waals surface area contributed by atoms with Crippen LogP contribution < -0.4 is 4.74 Å². The number of alkyl halides is 3. The molecule has 1 saturated heterocycles. The van der Waals surface area contributed by atoms with E-state index in [-0.39, 0.29) is 12.1 Å². The number of aryl methyl sites for hydroxylation is 3. The molecule has 0 saturated carbocycles. The second-order valence-corrected chi connectivity index (χ2v) is 11.0. The Labute approximate surface area is 239 Å². The maximum Gasteiger partial charge on any atom is 0.422 e. The molecule has 0 N–H and O–H groups in total. The summed E-state index contributed by atoms with van der Waals surface area (Å²) in [6.07, 6.45) is 4.91. The normalized spacial score (nSPS) is 17.7. The van der Waals surface area contributed by atoms with Gasteiger partial charge in [0.15, 0.2) is 24.5 Å². The summed E-state index contributed by atoms with van der Waals surface area (Å²) >= 11 is 0. The van der Waals surface area contributed by atoms with E-state index in [2.05, 4.69) is 11.7 Å². The van der Waals surface area contributed by atoms with Crippen molar-refractivity contribution in [3.05, 3.63) is 76.9 Å². The van der Waals surface area contributed by atoms with Gasteiger partial charge in [0.2, 0.25) is 0 Å². The molecule has 1 aliphatic rings. The molecular formula is C33H39F5O3. The molecule has 0 amide bonds. The van der Waals surface area contributed by atoms with Gasteiger partial charge >= 0.3 is 6.18 Å². The number of benzene rings is 3. The van der Waals surface area contributed by atoms with E-state index >= 15 is 4.39 Å². The van der Waals surface area contributed by atoms with E-state index in [1.165, 1.54) is 44.2 Å². The molecule has 41 heavy (non-hydrogen) atoms. The Morgan fingerprint density at radius 3 is 2.27 bits per heavy atom. The van der Waals surface area contributed by atoms with Gasteiger partial charge in [0, 0.05) is 17.7 Å². The Kier molecular flexibility index (Phi) is 11.4. The molecule has 3 nitrogen and oxygen atoms in total. The van der Waals surface area contributed by atoms with Crippen LogP contribution in [0.5, 0.6) is 5.75 Å². The van der Waals surface area contributed by atoms with Crippen molar-refractivity contribution in [1.29, 1.82) is 0 Å². The number of halogens is 5. The lowest BCUT2D eigenvalue weighted by Crippen LogP contribution is -2.32. The lowest BCUT2D eigenvalue weighted by molar-refractivity contribution is -0.203. The van der Waals surface area contributed by atoms with E-state index in [1.54, 1.807) is 12.1 Å². The first-order valence-corrected chi connectivity index (χ1v) is 14.6. The van der Waals surface area contributed by atoms with Crippen LogP contribution in [0, 0.1) is 17.6 Å². The highest BCUT2D eigenvalue weighted by Crippen LogP contribution is 2.27. The summed E-state index contributed by atoms with van der Waals surface area (Å²) in [5.74, 6) is -1.18. The van der Waals surface area contributed by atoms with Gasteiger partial charge in [-0.05, 0) is 59.9 Å². The number of unbranched alkanes of at least 4 members (excludes halogenated alkanes) is 4. The number of hydrogen-bond donors (Lipinski definition) is 0. The Morgan fingerprint density at radius 2 is 1.54 bits per heavy atom. The largest absolute Gasteiger partial charge is 0.481 e. The molecule has 4 rings (SSSR count). The van der Waals surface area contributed by atoms with E-state index in [0.29, 0.717) is 35.3 Å². The van der Waals surface area contributed by atoms with Crippen LogP contribution in [-0.2, 0) is 28.7 Å². The third-order valence-electron chi connectivity index (χ3n) is 7.59. The highest BCUT2D eigenvalue weighted by molar-refractivity contribution is 5.84. The highest BCUT2D eigenvalue weighted by atomic mass is 19.4. The van der Waals surface area contributed by atoms with Gasteiger partial charge in [-0.3, -0.25) is 0 Å². The first-order chi connectivity index (χ1) is 19.7. The fraction of sp³-hybridized carbons (Fsp3) is 0.515. The molecule has 0 atom stereocenters. The van der Waals surface area contributed by atoms with Crippen molar-refractivity contribution in [2.45, 2.75) is 83.6 Å². The molecule has 1 fully saturated rings. The minimum Gasteiger partial charge on any atom is -0.481 e. The molecule has 224 valence electrons. The SMILES string of the molecule is CCCCCCCC1COC(CCc2ccc3c(F)c(CCc4ccc(OCC(F)(F)F)c(F)c4)ccc3c2)OC1. The molecule has 1 aliphatic heterocycles. The van der Waals surface area contributed by atoms with Crippen molar-refractivity contribution >= 4 is 10.8 Å². The number of fused-ring (bicyclic) bond motifs is 1. The standard InChI is InChI=1S/C33H39F5O3/c1-2-3-4-5-6-7-25-20-39-31(40-21-25)17-11-23-9-15-28-27(18-23)14-13-26(32(28)35)12-8-24-10-16-30(29(34)19-24)41-22-33(36,37)38/h9-10,13-16,18-19,25,31H,2-8,11-12,17,20-22H2,1H3. The first-order valence-electron chi connectivity index (χ1n) is 14.6. The van der Waals surface area contributed by atoms with E-state index in [4.69, 9.17) is 9.47 Å². The summed E-state index contributed by atoms with van der Waals surface area (Å²) in [4.78, 5) is 0. The Morgan fingerprint density at radius 1 is 0.805 bits per heavy atom. The van der Waals surface area contributed by atoms with Crippen molar-refractivity contribution in [2.24, 2.45) is 5.92 Å². The molecule has 1 heterocycles. The average Bonchev–Trinajstić information content (AvgIpc) is 2.95. The quantitative estimate of drug-likeness (QED) is 0.141. The smallest absolute Gasteiger partial charge is 0.422 e. The Hall–Kier alpha value is -2.71. The van der Waals surface area contributed by atoms with Crippen LogP contribution in [0.2, 0.25) is 0 Å². The summed E-state index contributed by atoms with van der Waals surface area (Å²) in [7, 11) is 0. The van der Waals surface area contributed by atoms with Gasteiger partial charge < -0.3 is 14.2 Å². The number of ether oxygens (including phenoxy) is 3. The van der Waals surface area contributed by atoms with Gasteiger partial charge in [0.25, 0.3) is 0 Å². The van der Waals surface area contributed by atoms with Crippen LogP contribution >= 0.6 is 0 Å². The molecule has 0 bridgehead atoms. The van der Waals surface area contributed by atoms with Crippen molar-refractivity contribution in [3.63, 3.8) is 0 Å². The third kappa shape index (κ3) is 9.67. The van der Waals surface area contributed by atoms with Crippen LogP contribution in [0.3, 0.4) is 0 Å². The maximum absolute atomic E-state index is 15.3. The summed E-state index contributed by atoms with van der Waals surface area (Å²) in [6, 6.07) is 13.1. The molecule has 0 aromatic heterocycles. The predicted octanol–water partition coefficient (Wildman–Crippen LogP) is 9.13. The molecule has 3 aromatic rings. The van der Waals surface area contributed by atoms with Gasteiger partial charge in [-0.15, -0.1) is 0 Å².